The molecule has 0 aliphatic carbocycles. The van der Waals surface area contributed by atoms with Crippen molar-refractivity contribution < 1.29 is 23.4 Å². The molecular formula is C17H19N5O5. The van der Waals surface area contributed by atoms with E-state index in [1.54, 1.807) is 32.2 Å². The molecule has 3 rings (SSSR count). The minimum absolute atomic E-state index is 0.0393. The lowest BCUT2D eigenvalue weighted by molar-refractivity contribution is 0.101. The van der Waals surface area contributed by atoms with Gasteiger partial charge in [-0.05, 0) is 25.1 Å². The maximum atomic E-state index is 12.3. The first-order chi connectivity index (χ1) is 13.0. The van der Waals surface area contributed by atoms with Gasteiger partial charge in [-0.15, -0.1) is 5.10 Å². The standard InChI is InChI=1S/C17H19N5O5/c1-9-6-11(22(2)21-9)15(23)18-17-20-19-16(27-17)10-7-12(24-3)14(26-5)13(8-10)25-4/h6-8H,1-5H3,(H,18,20,23). The third kappa shape index (κ3) is 3.54. The maximum Gasteiger partial charge on any atom is 0.322 e. The second-order valence-electron chi connectivity index (χ2n) is 5.58. The highest BCUT2D eigenvalue weighted by Gasteiger charge is 2.19. The molecule has 0 saturated heterocycles. The van der Waals surface area contributed by atoms with Gasteiger partial charge in [-0.2, -0.15) is 5.10 Å². The van der Waals surface area contributed by atoms with E-state index in [1.165, 1.54) is 26.0 Å². The molecule has 1 N–H and O–H groups in total. The van der Waals surface area contributed by atoms with Gasteiger partial charge in [-0.1, -0.05) is 5.10 Å². The van der Waals surface area contributed by atoms with E-state index in [-0.39, 0.29) is 11.9 Å². The van der Waals surface area contributed by atoms with Gasteiger partial charge in [0.1, 0.15) is 5.69 Å². The molecule has 2 aromatic heterocycles. The number of hydrogen-bond donors (Lipinski definition) is 1. The summed E-state index contributed by atoms with van der Waals surface area (Å²) in [5.41, 5.74) is 1.65. The van der Waals surface area contributed by atoms with E-state index in [0.29, 0.717) is 28.5 Å². The smallest absolute Gasteiger partial charge is 0.322 e. The Hall–Kier alpha value is -3.56. The fourth-order valence-electron chi connectivity index (χ4n) is 2.58. The molecule has 1 amide bonds. The summed E-state index contributed by atoms with van der Waals surface area (Å²) in [6.45, 7) is 1.80. The molecule has 0 saturated carbocycles. The first-order valence-corrected chi connectivity index (χ1v) is 7.92. The van der Waals surface area contributed by atoms with Gasteiger partial charge in [0.25, 0.3) is 5.91 Å². The number of carbonyl (C=O) groups excluding carboxylic acids is 1. The molecule has 0 aliphatic rings. The van der Waals surface area contributed by atoms with Gasteiger partial charge in [0, 0.05) is 12.6 Å². The van der Waals surface area contributed by atoms with Crippen LogP contribution in [0.4, 0.5) is 6.01 Å². The van der Waals surface area contributed by atoms with E-state index in [0.717, 1.165) is 5.69 Å². The topological polar surface area (TPSA) is 114 Å². The predicted octanol–water partition coefficient (Wildman–Crippen LogP) is 2.06. The van der Waals surface area contributed by atoms with Crippen LogP contribution in [0.25, 0.3) is 11.5 Å². The van der Waals surface area contributed by atoms with Crippen molar-refractivity contribution in [3.63, 3.8) is 0 Å². The van der Waals surface area contributed by atoms with Crippen LogP contribution in [-0.4, -0.2) is 47.2 Å². The van der Waals surface area contributed by atoms with Crippen LogP contribution < -0.4 is 19.5 Å². The van der Waals surface area contributed by atoms with E-state index in [4.69, 9.17) is 18.6 Å². The van der Waals surface area contributed by atoms with E-state index in [1.807, 2.05) is 0 Å². The van der Waals surface area contributed by atoms with Gasteiger partial charge >= 0.3 is 6.01 Å². The fraction of sp³-hybridized carbons (Fsp3) is 0.294. The first kappa shape index (κ1) is 18.2. The second-order valence-corrected chi connectivity index (χ2v) is 5.58. The zero-order valence-electron chi connectivity index (χ0n) is 15.6. The summed E-state index contributed by atoms with van der Waals surface area (Å²) in [6.07, 6.45) is 0. The maximum absolute atomic E-state index is 12.3. The van der Waals surface area contributed by atoms with E-state index in [2.05, 4.69) is 20.6 Å². The molecule has 3 aromatic rings. The fourth-order valence-corrected chi connectivity index (χ4v) is 2.58. The minimum atomic E-state index is -0.404. The summed E-state index contributed by atoms with van der Waals surface area (Å²) in [7, 11) is 6.21. The number of carbonyl (C=O) groups is 1. The molecule has 10 nitrogen and oxygen atoms in total. The van der Waals surface area contributed by atoms with Crippen LogP contribution in [0.5, 0.6) is 17.2 Å². The van der Waals surface area contributed by atoms with Gasteiger partial charge in [-0.25, -0.2) is 0 Å². The molecule has 0 aliphatic heterocycles. The number of aryl methyl sites for hydroxylation is 2. The molecule has 0 unspecified atom stereocenters. The Labute approximate surface area is 155 Å². The van der Waals surface area contributed by atoms with Gasteiger partial charge in [-0.3, -0.25) is 14.8 Å². The molecule has 0 fully saturated rings. The highest BCUT2D eigenvalue weighted by atomic mass is 16.5. The number of aromatic nitrogens is 4. The van der Waals surface area contributed by atoms with Crippen molar-refractivity contribution in [3.8, 4) is 28.7 Å². The van der Waals surface area contributed by atoms with Crippen molar-refractivity contribution in [1.29, 1.82) is 0 Å². The van der Waals surface area contributed by atoms with E-state index >= 15 is 0 Å². The molecular weight excluding hydrogens is 354 g/mol. The Morgan fingerprint density at radius 1 is 1.07 bits per heavy atom. The number of hydrogen-bond acceptors (Lipinski definition) is 8. The van der Waals surface area contributed by atoms with Crippen molar-refractivity contribution in [2.75, 3.05) is 26.6 Å². The zero-order chi connectivity index (χ0) is 19.6. The molecule has 0 atom stereocenters. The van der Waals surface area contributed by atoms with Gasteiger partial charge in [0.05, 0.1) is 27.0 Å². The number of amides is 1. The Morgan fingerprint density at radius 3 is 2.26 bits per heavy atom. The number of nitrogens with zero attached hydrogens (tertiary/aromatic N) is 4. The third-order valence-corrected chi connectivity index (χ3v) is 3.79. The van der Waals surface area contributed by atoms with Crippen LogP contribution in [0.3, 0.4) is 0 Å². The molecule has 0 bridgehead atoms. The zero-order valence-corrected chi connectivity index (χ0v) is 15.6. The molecule has 27 heavy (non-hydrogen) atoms. The summed E-state index contributed by atoms with van der Waals surface area (Å²) in [5, 5.41) is 14.5. The van der Waals surface area contributed by atoms with Gasteiger partial charge in [0.15, 0.2) is 11.5 Å². The van der Waals surface area contributed by atoms with Crippen molar-refractivity contribution >= 4 is 11.9 Å². The van der Waals surface area contributed by atoms with Crippen LogP contribution in [0.1, 0.15) is 16.2 Å². The molecule has 2 heterocycles. The average Bonchev–Trinajstić information content (AvgIpc) is 3.26. The average molecular weight is 373 g/mol. The Bertz CT molecular complexity index is 953. The summed E-state index contributed by atoms with van der Waals surface area (Å²) in [5.74, 6) is 1.12. The lowest BCUT2D eigenvalue weighted by Crippen LogP contribution is -2.16. The SMILES string of the molecule is COc1cc(-c2nnc(NC(=O)c3cc(C)nn3C)o2)cc(OC)c1OC. The van der Waals surface area contributed by atoms with Crippen LogP contribution in [-0.2, 0) is 7.05 Å². The van der Waals surface area contributed by atoms with Crippen molar-refractivity contribution in [2.24, 2.45) is 7.05 Å². The highest BCUT2D eigenvalue weighted by molar-refractivity contribution is 6.01. The number of methoxy groups -OCH3 is 3. The summed E-state index contributed by atoms with van der Waals surface area (Å²) >= 11 is 0. The Kier molecular flexibility index (Phi) is 4.97. The second kappa shape index (κ2) is 7.36. The summed E-state index contributed by atoms with van der Waals surface area (Å²) in [4.78, 5) is 12.3. The number of rotatable bonds is 6. The number of benzene rings is 1. The van der Waals surface area contributed by atoms with Crippen LogP contribution >= 0.6 is 0 Å². The van der Waals surface area contributed by atoms with Crippen LogP contribution in [0.2, 0.25) is 0 Å². The highest BCUT2D eigenvalue weighted by Crippen LogP contribution is 2.41. The van der Waals surface area contributed by atoms with Gasteiger partial charge < -0.3 is 18.6 Å². The van der Waals surface area contributed by atoms with Crippen molar-refractivity contribution in [1.82, 2.24) is 20.0 Å². The lowest BCUT2D eigenvalue weighted by Gasteiger charge is -2.12. The van der Waals surface area contributed by atoms with E-state index < -0.39 is 5.91 Å². The Morgan fingerprint density at radius 2 is 1.74 bits per heavy atom. The number of anilines is 1. The van der Waals surface area contributed by atoms with Crippen molar-refractivity contribution in [3.05, 3.63) is 29.6 Å². The number of ether oxygens (including phenoxy) is 3. The normalized spacial score (nSPS) is 10.6. The van der Waals surface area contributed by atoms with Gasteiger partial charge in [0.2, 0.25) is 11.6 Å². The summed E-state index contributed by atoms with van der Waals surface area (Å²) in [6, 6.07) is 4.96. The largest absolute Gasteiger partial charge is 0.493 e. The number of nitrogens with one attached hydrogen (secondary N) is 1. The quantitative estimate of drug-likeness (QED) is 0.698. The predicted molar refractivity (Wildman–Crippen MR) is 95.3 cm³/mol. The van der Waals surface area contributed by atoms with Crippen LogP contribution in [0, 0.1) is 6.92 Å². The third-order valence-electron chi connectivity index (χ3n) is 3.79. The lowest BCUT2D eigenvalue weighted by atomic mass is 10.2. The summed E-state index contributed by atoms with van der Waals surface area (Å²) < 4.78 is 22.9. The molecule has 0 spiro atoms. The Balaban J connectivity index is 1.87. The molecule has 142 valence electrons. The molecule has 0 radical (unpaired) electrons. The first-order valence-electron chi connectivity index (χ1n) is 7.92. The molecule has 10 heteroatoms. The molecule has 1 aromatic carbocycles. The minimum Gasteiger partial charge on any atom is -0.493 e. The van der Waals surface area contributed by atoms with E-state index in [9.17, 15) is 4.79 Å². The van der Waals surface area contributed by atoms with Crippen molar-refractivity contribution in [2.45, 2.75) is 6.92 Å². The monoisotopic (exact) mass is 373 g/mol. The van der Waals surface area contributed by atoms with Crippen LogP contribution in [0.15, 0.2) is 22.6 Å².